The molecule has 3 aromatic rings. The Hall–Kier alpha value is -1.52. The van der Waals surface area contributed by atoms with Crippen LogP contribution in [-0.2, 0) is 7.05 Å². The first-order chi connectivity index (χ1) is 8.16. The Kier molecular flexibility index (Phi) is 2.34. The number of benzene rings is 1. The monoisotopic (exact) mass is 266 g/mol. The molecule has 1 N–H and O–H groups in total. The van der Waals surface area contributed by atoms with Crippen LogP contribution in [0.3, 0.4) is 0 Å². The van der Waals surface area contributed by atoms with E-state index in [2.05, 4.69) is 15.1 Å². The van der Waals surface area contributed by atoms with Crippen molar-refractivity contribution in [2.24, 2.45) is 7.05 Å². The molecule has 3 rings (SSSR count). The number of fused-ring (bicyclic) bond motifs is 1. The van der Waals surface area contributed by atoms with Crippen molar-refractivity contribution in [3.05, 3.63) is 34.4 Å². The number of hydrogen-bond donors (Lipinski definition) is 1. The van der Waals surface area contributed by atoms with Gasteiger partial charge in [0.25, 0.3) is 0 Å². The molecule has 17 heavy (non-hydrogen) atoms. The van der Waals surface area contributed by atoms with E-state index in [1.807, 2.05) is 19.2 Å². The van der Waals surface area contributed by atoms with Crippen LogP contribution in [0.25, 0.3) is 22.6 Å². The van der Waals surface area contributed by atoms with Gasteiger partial charge in [-0.1, -0.05) is 29.3 Å². The third-order valence-corrected chi connectivity index (χ3v) is 3.40. The number of rotatable bonds is 1. The number of hydrogen-bond acceptors (Lipinski definition) is 2. The summed E-state index contributed by atoms with van der Waals surface area (Å²) >= 11 is 12.1. The Morgan fingerprint density at radius 2 is 2.12 bits per heavy atom. The van der Waals surface area contributed by atoms with Crippen LogP contribution in [-0.4, -0.2) is 19.7 Å². The first kappa shape index (κ1) is 10.6. The normalized spacial score (nSPS) is 11.2. The topological polar surface area (TPSA) is 46.5 Å². The average Bonchev–Trinajstić information content (AvgIpc) is 2.85. The second kappa shape index (κ2) is 3.75. The van der Waals surface area contributed by atoms with Gasteiger partial charge in [0.05, 0.1) is 16.2 Å². The van der Waals surface area contributed by atoms with E-state index in [1.54, 1.807) is 16.9 Å². The fraction of sp³-hybridized carbons (Fsp3) is 0.0909. The lowest BCUT2D eigenvalue weighted by Crippen LogP contribution is -1.90. The van der Waals surface area contributed by atoms with Crippen molar-refractivity contribution in [1.82, 2.24) is 19.7 Å². The Bertz CT molecular complexity index is 699. The molecular weight excluding hydrogens is 259 g/mol. The van der Waals surface area contributed by atoms with Crippen LogP contribution in [0.4, 0.5) is 0 Å². The van der Waals surface area contributed by atoms with Gasteiger partial charge in [0, 0.05) is 12.6 Å². The second-order valence-electron chi connectivity index (χ2n) is 3.69. The summed E-state index contributed by atoms with van der Waals surface area (Å²) in [6, 6.07) is 5.46. The van der Waals surface area contributed by atoms with Crippen LogP contribution in [0.2, 0.25) is 10.0 Å². The van der Waals surface area contributed by atoms with E-state index in [4.69, 9.17) is 23.2 Å². The van der Waals surface area contributed by atoms with Gasteiger partial charge in [0.15, 0.2) is 5.65 Å². The summed E-state index contributed by atoms with van der Waals surface area (Å²) in [5.74, 6) is 0.695. The van der Waals surface area contributed by atoms with E-state index in [-0.39, 0.29) is 0 Å². The van der Waals surface area contributed by atoms with Crippen molar-refractivity contribution in [2.75, 3.05) is 0 Å². The Morgan fingerprint density at radius 3 is 2.88 bits per heavy atom. The summed E-state index contributed by atoms with van der Waals surface area (Å²) in [6.45, 7) is 0. The molecule has 0 saturated carbocycles. The molecule has 1 aromatic carbocycles. The molecule has 2 aromatic heterocycles. The van der Waals surface area contributed by atoms with E-state index >= 15 is 0 Å². The number of aryl methyl sites for hydroxylation is 1. The molecule has 0 spiro atoms. The predicted octanol–water partition coefficient (Wildman–Crippen LogP) is 3.27. The Labute approximate surface area is 107 Å². The minimum absolute atomic E-state index is 0.501. The average molecular weight is 267 g/mol. The number of H-pyrrole nitrogens is 1. The maximum Gasteiger partial charge on any atom is 0.176 e. The van der Waals surface area contributed by atoms with E-state index in [1.165, 1.54) is 0 Å². The zero-order valence-electron chi connectivity index (χ0n) is 8.91. The third kappa shape index (κ3) is 1.61. The first-order valence-electron chi connectivity index (χ1n) is 4.99. The Balaban J connectivity index is 2.23. The van der Waals surface area contributed by atoms with Gasteiger partial charge in [0.1, 0.15) is 11.3 Å². The van der Waals surface area contributed by atoms with Crippen molar-refractivity contribution < 1.29 is 0 Å². The minimum atomic E-state index is 0.501. The SMILES string of the molecule is Cn1ncc2[nH]c(-c3cccc(Cl)c3Cl)nc21. The molecule has 0 amide bonds. The van der Waals surface area contributed by atoms with Crippen molar-refractivity contribution in [3.63, 3.8) is 0 Å². The summed E-state index contributed by atoms with van der Waals surface area (Å²) in [6.07, 6.45) is 1.73. The van der Waals surface area contributed by atoms with Crippen molar-refractivity contribution in [3.8, 4) is 11.4 Å². The Morgan fingerprint density at radius 1 is 1.29 bits per heavy atom. The molecule has 2 heterocycles. The van der Waals surface area contributed by atoms with Crippen molar-refractivity contribution in [2.45, 2.75) is 0 Å². The zero-order chi connectivity index (χ0) is 12.0. The smallest absolute Gasteiger partial charge is 0.176 e. The van der Waals surface area contributed by atoms with Crippen LogP contribution in [0, 0.1) is 0 Å². The van der Waals surface area contributed by atoms with Gasteiger partial charge in [-0.05, 0) is 12.1 Å². The molecule has 0 aliphatic rings. The van der Waals surface area contributed by atoms with E-state index in [0.29, 0.717) is 15.9 Å². The summed E-state index contributed by atoms with van der Waals surface area (Å²) in [7, 11) is 1.84. The number of aromatic amines is 1. The summed E-state index contributed by atoms with van der Waals surface area (Å²) in [5, 5.41) is 5.11. The van der Waals surface area contributed by atoms with Crippen LogP contribution in [0.15, 0.2) is 24.4 Å². The molecule has 0 aliphatic carbocycles. The number of aromatic nitrogens is 4. The molecule has 6 heteroatoms. The molecule has 0 atom stereocenters. The molecule has 0 bridgehead atoms. The number of imidazole rings is 1. The maximum absolute atomic E-state index is 6.15. The van der Waals surface area contributed by atoms with E-state index in [9.17, 15) is 0 Å². The quantitative estimate of drug-likeness (QED) is 0.735. The summed E-state index contributed by atoms with van der Waals surface area (Å²) < 4.78 is 1.70. The molecule has 0 radical (unpaired) electrons. The highest BCUT2D eigenvalue weighted by molar-refractivity contribution is 6.43. The highest BCUT2D eigenvalue weighted by atomic mass is 35.5. The van der Waals surface area contributed by atoms with E-state index < -0.39 is 0 Å². The lowest BCUT2D eigenvalue weighted by atomic mass is 10.2. The summed E-state index contributed by atoms with van der Waals surface area (Å²) in [4.78, 5) is 7.61. The number of halogens is 2. The van der Waals surface area contributed by atoms with Crippen LogP contribution < -0.4 is 0 Å². The standard InChI is InChI=1S/C11H8Cl2N4/c1-17-11-8(5-14-17)15-10(16-11)6-3-2-4-7(12)9(6)13/h2-5H,1H3,(H,15,16). The largest absolute Gasteiger partial charge is 0.335 e. The molecule has 0 fully saturated rings. The molecular formula is C11H8Cl2N4. The van der Waals surface area contributed by atoms with Gasteiger partial charge in [0.2, 0.25) is 0 Å². The molecule has 0 unspecified atom stereocenters. The highest BCUT2D eigenvalue weighted by Gasteiger charge is 2.12. The van der Waals surface area contributed by atoms with Gasteiger partial charge < -0.3 is 4.98 Å². The van der Waals surface area contributed by atoms with Crippen LogP contribution in [0.1, 0.15) is 0 Å². The highest BCUT2D eigenvalue weighted by Crippen LogP contribution is 2.32. The molecule has 86 valence electrons. The maximum atomic E-state index is 6.15. The second-order valence-corrected chi connectivity index (χ2v) is 4.48. The minimum Gasteiger partial charge on any atom is -0.335 e. The predicted molar refractivity (Wildman–Crippen MR) is 68.3 cm³/mol. The number of nitrogens with one attached hydrogen (secondary N) is 1. The lowest BCUT2D eigenvalue weighted by molar-refractivity contribution is 0.787. The fourth-order valence-electron chi connectivity index (χ4n) is 1.73. The van der Waals surface area contributed by atoms with E-state index in [0.717, 1.165) is 16.7 Å². The first-order valence-corrected chi connectivity index (χ1v) is 5.74. The fourth-order valence-corrected chi connectivity index (χ4v) is 2.12. The van der Waals surface area contributed by atoms with Crippen molar-refractivity contribution in [1.29, 1.82) is 0 Å². The lowest BCUT2D eigenvalue weighted by Gasteiger charge is -2.01. The van der Waals surface area contributed by atoms with Crippen LogP contribution in [0.5, 0.6) is 0 Å². The summed E-state index contributed by atoms with van der Waals surface area (Å²) in [5.41, 5.74) is 2.45. The van der Waals surface area contributed by atoms with Crippen LogP contribution >= 0.6 is 23.2 Å². The van der Waals surface area contributed by atoms with Gasteiger partial charge >= 0.3 is 0 Å². The number of nitrogens with zero attached hydrogens (tertiary/aromatic N) is 3. The molecule has 0 saturated heterocycles. The molecule has 0 aliphatic heterocycles. The zero-order valence-corrected chi connectivity index (χ0v) is 10.4. The van der Waals surface area contributed by atoms with Gasteiger partial charge in [-0.3, -0.25) is 0 Å². The van der Waals surface area contributed by atoms with Gasteiger partial charge in [-0.25, -0.2) is 9.67 Å². The molecule has 4 nitrogen and oxygen atoms in total. The van der Waals surface area contributed by atoms with Gasteiger partial charge in [-0.2, -0.15) is 5.10 Å². The van der Waals surface area contributed by atoms with Crippen molar-refractivity contribution >= 4 is 34.4 Å². The third-order valence-electron chi connectivity index (χ3n) is 2.58. The van der Waals surface area contributed by atoms with Gasteiger partial charge in [-0.15, -0.1) is 0 Å².